The second kappa shape index (κ2) is 12.2. The normalized spacial score (nSPS) is 10.7. The Bertz CT molecular complexity index is 1100. The van der Waals surface area contributed by atoms with Crippen molar-refractivity contribution in [2.24, 2.45) is 0 Å². The fourth-order valence-electron chi connectivity index (χ4n) is 2.95. The molecule has 3 rings (SSSR count). The van der Waals surface area contributed by atoms with E-state index in [9.17, 15) is 18.4 Å². The Balaban J connectivity index is 1.55. The van der Waals surface area contributed by atoms with Gasteiger partial charge in [-0.25, -0.2) is 0 Å². The molecule has 33 heavy (non-hydrogen) atoms. The number of benzene rings is 3. The molecule has 0 aliphatic carbocycles. The standard InChI is InChI=1S/C24H21ClF2N2O3S/c25-17-11-9-16(10-12-17)13-14-28-23(31)18-5-1-4-8-21(18)33-15-22(30)29-19-6-2-3-7-20(19)32-24(26)27/h1-12,24H,13-15H2,(H,28,31)(H,29,30). The Morgan fingerprint density at radius 1 is 0.970 bits per heavy atom. The zero-order valence-corrected chi connectivity index (χ0v) is 19.0. The summed E-state index contributed by atoms with van der Waals surface area (Å²) >= 11 is 7.06. The molecule has 9 heteroatoms. The van der Waals surface area contributed by atoms with Gasteiger partial charge >= 0.3 is 6.61 Å². The lowest BCUT2D eigenvalue weighted by atomic mass is 10.1. The van der Waals surface area contributed by atoms with Crippen LogP contribution in [0.4, 0.5) is 14.5 Å². The van der Waals surface area contributed by atoms with E-state index in [2.05, 4.69) is 15.4 Å². The molecule has 0 fully saturated rings. The van der Waals surface area contributed by atoms with E-state index in [0.29, 0.717) is 28.4 Å². The predicted octanol–water partition coefficient (Wildman–Crippen LogP) is 5.64. The molecule has 0 saturated carbocycles. The van der Waals surface area contributed by atoms with Crippen molar-refractivity contribution in [3.63, 3.8) is 0 Å². The average Bonchev–Trinajstić information content (AvgIpc) is 2.80. The van der Waals surface area contributed by atoms with Crippen LogP contribution in [0.5, 0.6) is 5.75 Å². The highest BCUT2D eigenvalue weighted by atomic mass is 35.5. The molecule has 3 aromatic carbocycles. The first-order valence-electron chi connectivity index (χ1n) is 10.0. The highest BCUT2D eigenvalue weighted by Crippen LogP contribution is 2.27. The molecule has 0 heterocycles. The van der Waals surface area contributed by atoms with Crippen LogP contribution >= 0.6 is 23.4 Å². The minimum Gasteiger partial charge on any atom is -0.433 e. The number of carbonyl (C=O) groups excluding carboxylic acids is 2. The van der Waals surface area contributed by atoms with Crippen LogP contribution in [0, 0.1) is 0 Å². The number of amides is 2. The summed E-state index contributed by atoms with van der Waals surface area (Å²) in [6, 6.07) is 20.3. The van der Waals surface area contributed by atoms with Gasteiger partial charge in [0.1, 0.15) is 5.75 Å². The summed E-state index contributed by atoms with van der Waals surface area (Å²) in [7, 11) is 0. The average molecular weight is 491 g/mol. The first kappa shape index (κ1) is 24.5. The topological polar surface area (TPSA) is 67.4 Å². The number of anilines is 1. The van der Waals surface area contributed by atoms with Crippen molar-refractivity contribution >= 4 is 40.9 Å². The van der Waals surface area contributed by atoms with E-state index in [1.807, 2.05) is 12.1 Å². The first-order chi connectivity index (χ1) is 15.9. The largest absolute Gasteiger partial charge is 0.433 e. The number of ether oxygens (including phenoxy) is 1. The van der Waals surface area contributed by atoms with Crippen molar-refractivity contribution in [1.82, 2.24) is 5.32 Å². The minimum atomic E-state index is -3.00. The molecule has 0 bridgehead atoms. The van der Waals surface area contributed by atoms with E-state index >= 15 is 0 Å². The third kappa shape index (κ3) is 7.76. The third-order valence-electron chi connectivity index (χ3n) is 4.48. The molecule has 172 valence electrons. The molecular weight excluding hydrogens is 470 g/mol. The van der Waals surface area contributed by atoms with E-state index < -0.39 is 12.5 Å². The molecule has 5 nitrogen and oxygen atoms in total. The van der Waals surface area contributed by atoms with E-state index in [1.54, 1.807) is 42.5 Å². The number of hydrogen-bond donors (Lipinski definition) is 2. The molecule has 0 aliphatic heterocycles. The van der Waals surface area contributed by atoms with E-state index in [-0.39, 0.29) is 23.1 Å². The zero-order valence-electron chi connectivity index (χ0n) is 17.4. The number of rotatable bonds is 10. The smallest absolute Gasteiger partial charge is 0.387 e. The third-order valence-corrected chi connectivity index (χ3v) is 5.81. The maximum absolute atomic E-state index is 12.7. The molecule has 0 aliphatic rings. The molecular formula is C24H21ClF2N2O3S. The lowest BCUT2D eigenvalue weighted by Crippen LogP contribution is -2.26. The van der Waals surface area contributed by atoms with Crippen LogP contribution in [-0.2, 0) is 11.2 Å². The first-order valence-corrected chi connectivity index (χ1v) is 11.4. The molecule has 0 saturated heterocycles. The Labute approximate surface area is 199 Å². The number of para-hydroxylation sites is 2. The van der Waals surface area contributed by atoms with Gasteiger partial charge in [-0.15, -0.1) is 11.8 Å². The van der Waals surface area contributed by atoms with Crippen molar-refractivity contribution in [2.45, 2.75) is 17.9 Å². The van der Waals surface area contributed by atoms with Gasteiger partial charge in [0.15, 0.2) is 0 Å². The van der Waals surface area contributed by atoms with Crippen LogP contribution in [-0.4, -0.2) is 30.7 Å². The highest BCUT2D eigenvalue weighted by molar-refractivity contribution is 8.00. The van der Waals surface area contributed by atoms with Crippen LogP contribution in [0.2, 0.25) is 5.02 Å². The maximum atomic E-state index is 12.7. The van der Waals surface area contributed by atoms with Crippen LogP contribution in [0.15, 0.2) is 77.7 Å². The van der Waals surface area contributed by atoms with E-state index in [1.165, 1.54) is 30.0 Å². The van der Waals surface area contributed by atoms with Crippen LogP contribution in [0.1, 0.15) is 15.9 Å². The molecule has 0 atom stereocenters. The highest BCUT2D eigenvalue weighted by Gasteiger charge is 2.15. The molecule has 2 amide bonds. The number of hydrogen-bond acceptors (Lipinski definition) is 4. The second-order valence-corrected chi connectivity index (χ2v) is 8.29. The molecule has 0 aromatic heterocycles. The summed E-state index contributed by atoms with van der Waals surface area (Å²) in [6.45, 7) is -2.55. The van der Waals surface area contributed by atoms with Gasteiger partial charge in [0.05, 0.1) is 17.0 Å². The van der Waals surface area contributed by atoms with Crippen molar-refractivity contribution in [3.8, 4) is 5.75 Å². The van der Waals surface area contributed by atoms with Crippen molar-refractivity contribution in [3.05, 3.63) is 88.9 Å². The Morgan fingerprint density at radius 3 is 2.42 bits per heavy atom. The Kier molecular flexibility index (Phi) is 9.09. The summed E-state index contributed by atoms with van der Waals surface area (Å²) in [4.78, 5) is 25.7. The molecule has 3 aromatic rings. The predicted molar refractivity (Wildman–Crippen MR) is 126 cm³/mol. The van der Waals surface area contributed by atoms with Crippen molar-refractivity contribution < 1.29 is 23.1 Å². The number of nitrogens with one attached hydrogen (secondary N) is 2. The molecule has 0 radical (unpaired) electrons. The quantitative estimate of drug-likeness (QED) is 0.361. The van der Waals surface area contributed by atoms with Gasteiger partial charge in [0.2, 0.25) is 5.91 Å². The van der Waals surface area contributed by atoms with Crippen LogP contribution < -0.4 is 15.4 Å². The van der Waals surface area contributed by atoms with Crippen molar-refractivity contribution in [1.29, 1.82) is 0 Å². The summed E-state index contributed by atoms with van der Waals surface area (Å²) < 4.78 is 29.5. The van der Waals surface area contributed by atoms with Gasteiger partial charge in [-0.3, -0.25) is 9.59 Å². The van der Waals surface area contributed by atoms with Gasteiger partial charge in [0.25, 0.3) is 5.91 Å². The van der Waals surface area contributed by atoms with E-state index in [0.717, 1.165) is 5.56 Å². The zero-order chi connectivity index (χ0) is 23.6. The Hall–Kier alpha value is -3.10. The lowest BCUT2D eigenvalue weighted by molar-refractivity contribution is -0.113. The van der Waals surface area contributed by atoms with Crippen LogP contribution in [0.25, 0.3) is 0 Å². The summed E-state index contributed by atoms with van der Waals surface area (Å²) in [5, 5.41) is 6.10. The van der Waals surface area contributed by atoms with E-state index in [4.69, 9.17) is 11.6 Å². The van der Waals surface area contributed by atoms with Gasteiger partial charge in [-0.2, -0.15) is 8.78 Å². The van der Waals surface area contributed by atoms with Crippen LogP contribution in [0.3, 0.4) is 0 Å². The maximum Gasteiger partial charge on any atom is 0.387 e. The number of carbonyl (C=O) groups is 2. The number of alkyl halides is 2. The summed E-state index contributed by atoms with van der Waals surface area (Å²) in [5.74, 6) is -0.796. The van der Waals surface area contributed by atoms with Gasteiger partial charge in [0, 0.05) is 16.5 Å². The Morgan fingerprint density at radius 2 is 1.67 bits per heavy atom. The van der Waals surface area contributed by atoms with Gasteiger partial charge in [-0.05, 0) is 48.4 Å². The minimum absolute atomic E-state index is 0.0158. The van der Waals surface area contributed by atoms with Gasteiger partial charge < -0.3 is 15.4 Å². The summed E-state index contributed by atoms with van der Waals surface area (Å²) in [6.07, 6.45) is 0.653. The monoisotopic (exact) mass is 490 g/mol. The summed E-state index contributed by atoms with van der Waals surface area (Å²) in [5.41, 5.74) is 1.65. The fraction of sp³-hybridized carbons (Fsp3) is 0.167. The SMILES string of the molecule is O=C(CSc1ccccc1C(=O)NCCc1ccc(Cl)cc1)Nc1ccccc1OC(F)F. The molecule has 0 spiro atoms. The van der Waals surface area contributed by atoms with Gasteiger partial charge in [-0.1, -0.05) is 48.0 Å². The lowest BCUT2D eigenvalue weighted by Gasteiger charge is -2.12. The fourth-order valence-corrected chi connectivity index (χ4v) is 3.92. The molecule has 2 N–H and O–H groups in total. The van der Waals surface area contributed by atoms with Crippen molar-refractivity contribution in [2.75, 3.05) is 17.6 Å². The molecule has 0 unspecified atom stereocenters. The number of thioether (sulfide) groups is 1. The second-order valence-electron chi connectivity index (χ2n) is 6.84. The number of halogens is 3.